The van der Waals surface area contributed by atoms with Gasteiger partial charge in [0.25, 0.3) is 0 Å². The summed E-state index contributed by atoms with van der Waals surface area (Å²) in [6, 6.07) is 108. The van der Waals surface area contributed by atoms with Crippen LogP contribution >= 0.6 is 0 Å². The van der Waals surface area contributed by atoms with Crippen LogP contribution in [0.5, 0.6) is 0 Å². The largest absolute Gasteiger partial charge is 0.310 e. The number of anilines is 3. The number of fused-ring (bicyclic) bond motifs is 9. The molecule has 12 aromatic carbocycles. The minimum Gasteiger partial charge on any atom is -0.310 e. The molecule has 0 saturated heterocycles. The number of aromatic nitrogens is 1. The fourth-order valence-electron chi connectivity index (χ4n) is 13.3. The van der Waals surface area contributed by atoms with Gasteiger partial charge in [-0.3, -0.25) is 0 Å². The fourth-order valence-corrected chi connectivity index (χ4v) is 13.3. The summed E-state index contributed by atoms with van der Waals surface area (Å²) >= 11 is 0. The molecule has 2 heteroatoms. The van der Waals surface area contributed by atoms with E-state index in [-0.39, 0.29) is 0 Å². The Kier molecular flexibility index (Phi) is 9.43. The highest BCUT2D eigenvalue weighted by Gasteiger charge is 2.57. The number of para-hydroxylation sites is 1. The summed E-state index contributed by atoms with van der Waals surface area (Å²) in [6.07, 6.45) is 0. The summed E-state index contributed by atoms with van der Waals surface area (Å²) in [5.41, 5.74) is 21.0. The Morgan fingerprint density at radius 3 is 1.54 bits per heavy atom. The average Bonchev–Trinajstić information content (AvgIpc) is 4.17. The van der Waals surface area contributed by atoms with Gasteiger partial charge < -0.3 is 9.47 Å². The first-order chi connectivity index (χ1) is 36.7. The summed E-state index contributed by atoms with van der Waals surface area (Å²) < 4.78 is 2.42. The minimum atomic E-state index is -0.645. The Balaban J connectivity index is 0.948. The summed E-state index contributed by atoms with van der Waals surface area (Å²) in [5, 5.41) is 4.89. The number of benzene rings is 12. The summed E-state index contributed by atoms with van der Waals surface area (Å²) in [7, 11) is 0. The van der Waals surface area contributed by atoms with E-state index in [1.165, 1.54) is 99.3 Å². The van der Waals surface area contributed by atoms with Crippen LogP contribution in [0.3, 0.4) is 0 Å². The maximum absolute atomic E-state index is 2.43. The van der Waals surface area contributed by atoms with Crippen molar-refractivity contribution in [1.82, 2.24) is 4.57 Å². The lowest BCUT2D eigenvalue weighted by molar-refractivity contribution is 0.626. The zero-order valence-electron chi connectivity index (χ0n) is 40.6. The van der Waals surface area contributed by atoms with Gasteiger partial charge in [-0.15, -0.1) is 0 Å². The molecule has 0 bridgehead atoms. The van der Waals surface area contributed by atoms with E-state index in [2.05, 4.69) is 301 Å². The van der Waals surface area contributed by atoms with Gasteiger partial charge in [0.2, 0.25) is 0 Å². The van der Waals surface area contributed by atoms with Gasteiger partial charge in [-0.25, -0.2) is 0 Å². The molecule has 2 atom stereocenters. The molecule has 2 aliphatic carbocycles. The van der Waals surface area contributed by atoms with Crippen molar-refractivity contribution in [3.05, 3.63) is 336 Å². The van der Waals surface area contributed by atoms with E-state index in [9.17, 15) is 0 Å². The summed E-state index contributed by atoms with van der Waals surface area (Å²) in [5.74, 6) is 0. The third-order valence-electron chi connectivity index (χ3n) is 16.3. The maximum atomic E-state index is 2.43. The molecule has 0 radical (unpaired) electrons. The second-order valence-corrected chi connectivity index (χ2v) is 19.9. The summed E-state index contributed by atoms with van der Waals surface area (Å²) in [6.45, 7) is 0. The van der Waals surface area contributed by atoms with E-state index in [1.807, 2.05) is 0 Å². The van der Waals surface area contributed by atoms with E-state index in [0.717, 1.165) is 22.7 Å². The second-order valence-electron chi connectivity index (χ2n) is 19.9. The number of hydrogen-bond acceptors (Lipinski definition) is 1. The first kappa shape index (κ1) is 42.2. The highest BCUT2D eigenvalue weighted by molar-refractivity contribution is 6.11. The standard InChI is InChI=1S/C72H48N2/c1-4-19-49(20-5-1)51-35-40-56(41-36-51)73(59-45-46-69-63(48-59)61-28-13-17-34-68(61)74(69)58-42-37-50-21-10-11-22-52(50)47-58)57-43-38-55(39-44-57)71(53-23-6-2-7-24-53)65-31-15-16-32-66(65)72(54-25-8-3-9-26-54)64-30-14-12-27-60(64)62-29-18-33-67(71)70(62)72/h1-48H. The highest BCUT2D eigenvalue weighted by atomic mass is 15.1. The van der Waals surface area contributed by atoms with Crippen LogP contribution in [0.1, 0.15) is 44.5 Å². The van der Waals surface area contributed by atoms with E-state index in [0.29, 0.717) is 0 Å². The molecule has 1 aromatic heterocycles. The predicted octanol–water partition coefficient (Wildman–Crippen LogP) is 18.1. The van der Waals surface area contributed by atoms with Crippen molar-refractivity contribution in [2.45, 2.75) is 10.8 Å². The lowest BCUT2D eigenvalue weighted by Gasteiger charge is -2.49. The van der Waals surface area contributed by atoms with Gasteiger partial charge in [0.05, 0.1) is 21.9 Å². The molecular weight excluding hydrogens is 893 g/mol. The Bertz CT molecular complexity index is 4290. The van der Waals surface area contributed by atoms with Crippen molar-refractivity contribution in [3.63, 3.8) is 0 Å². The highest BCUT2D eigenvalue weighted by Crippen LogP contribution is 2.65. The summed E-state index contributed by atoms with van der Waals surface area (Å²) in [4.78, 5) is 2.43. The van der Waals surface area contributed by atoms with Crippen LogP contribution in [0.2, 0.25) is 0 Å². The van der Waals surface area contributed by atoms with E-state index in [1.54, 1.807) is 0 Å². The van der Waals surface area contributed by atoms with Crippen molar-refractivity contribution in [2.75, 3.05) is 4.90 Å². The average molecular weight is 941 g/mol. The lowest BCUT2D eigenvalue weighted by atomic mass is 9.52. The number of nitrogens with zero attached hydrogens (tertiary/aromatic N) is 2. The number of rotatable bonds is 8. The van der Waals surface area contributed by atoms with E-state index >= 15 is 0 Å². The smallest absolute Gasteiger partial charge is 0.0720 e. The lowest BCUT2D eigenvalue weighted by Crippen LogP contribution is -2.44. The van der Waals surface area contributed by atoms with Crippen molar-refractivity contribution in [3.8, 4) is 27.9 Å². The molecule has 1 heterocycles. The zero-order chi connectivity index (χ0) is 48.8. The molecular formula is C72H48N2. The van der Waals surface area contributed by atoms with Crippen molar-refractivity contribution in [1.29, 1.82) is 0 Å². The first-order valence-electron chi connectivity index (χ1n) is 25.7. The minimum absolute atomic E-state index is 0.503. The molecule has 2 unspecified atom stereocenters. The first-order valence-corrected chi connectivity index (χ1v) is 25.7. The Morgan fingerprint density at radius 1 is 0.284 bits per heavy atom. The Morgan fingerprint density at radius 2 is 0.797 bits per heavy atom. The zero-order valence-corrected chi connectivity index (χ0v) is 40.6. The van der Waals surface area contributed by atoms with E-state index < -0.39 is 10.8 Å². The quantitative estimate of drug-likeness (QED) is 0.147. The van der Waals surface area contributed by atoms with Crippen LogP contribution in [-0.4, -0.2) is 4.57 Å². The van der Waals surface area contributed by atoms with Crippen LogP contribution in [0.15, 0.2) is 291 Å². The molecule has 0 aliphatic heterocycles. The van der Waals surface area contributed by atoms with Crippen molar-refractivity contribution in [2.24, 2.45) is 0 Å². The molecule has 0 N–H and O–H groups in total. The van der Waals surface area contributed by atoms with Crippen LogP contribution in [-0.2, 0) is 10.8 Å². The van der Waals surface area contributed by atoms with Crippen LogP contribution in [0.25, 0.3) is 60.5 Å². The normalized spacial score (nSPS) is 16.2. The molecule has 0 saturated carbocycles. The third kappa shape index (κ3) is 6.00. The van der Waals surface area contributed by atoms with Crippen molar-refractivity contribution < 1.29 is 0 Å². The molecule has 346 valence electrons. The fraction of sp³-hybridized carbons (Fsp3) is 0.0278. The van der Waals surface area contributed by atoms with Crippen molar-refractivity contribution >= 4 is 49.6 Å². The maximum Gasteiger partial charge on any atom is 0.0720 e. The molecule has 2 aliphatic rings. The predicted molar refractivity (Wildman–Crippen MR) is 308 cm³/mol. The van der Waals surface area contributed by atoms with Gasteiger partial charge in [0.15, 0.2) is 0 Å². The van der Waals surface area contributed by atoms with Gasteiger partial charge in [-0.05, 0) is 138 Å². The van der Waals surface area contributed by atoms with Gasteiger partial charge in [0, 0.05) is 33.5 Å². The number of hydrogen-bond donors (Lipinski definition) is 0. The molecule has 0 spiro atoms. The SMILES string of the molecule is c1ccc(-c2ccc(N(c3ccc(C4(c5ccccc5)c5ccccc5C5(c6ccccc6)c6ccccc6-c6cccc4c65)cc3)c3ccc4c(c3)c3ccccc3n4-c3ccc4ccccc4c3)cc2)cc1. The van der Waals surface area contributed by atoms with Crippen LogP contribution in [0, 0.1) is 0 Å². The van der Waals surface area contributed by atoms with Crippen LogP contribution in [0.4, 0.5) is 17.1 Å². The van der Waals surface area contributed by atoms with Gasteiger partial charge in [-0.1, -0.05) is 231 Å². The molecule has 15 rings (SSSR count). The second kappa shape index (κ2) is 16.5. The Hall–Kier alpha value is -9.50. The molecule has 2 nitrogen and oxygen atoms in total. The molecule has 0 amide bonds. The Labute approximate surface area is 431 Å². The van der Waals surface area contributed by atoms with Gasteiger partial charge in [0.1, 0.15) is 0 Å². The topological polar surface area (TPSA) is 8.17 Å². The monoisotopic (exact) mass is 940 g/mol. The molecule has 0 fully saturated rings. The van der Waals surface area contributed by atoms with E-state index in [4.69, 9.17) is 0 Å². The van der Waals surface area contributed by atoms with Gasteiger partial charge in [-0.2, -0.15) is 0 Å². The van der Waals surface area contributed by atoms with Gasteiger partial charge >= 0.3 is 0 Å². The third-order valence-corrected chi connectivity index (χ3v) is 16.3. The molecule has 74 heavy (non-hydrogen) atoms. The van der Waals surface area contributed by atoms with Crippen LogP contribution < -0.4 is 4.90 Å². The molecule has 13 aromatic rings.